The van der Waals surface area contributed by atoms with E-state index in [1.165, 1.54) is 42.6 Å². The molecule has 12 nitrogen and oxygen atoms in total. The Balaban J connectivity index is 1.33. The van der Waals surface area contributed by atoms with E-state index in [9.17, 15) is 22.8 Å². The zero-order valence-electron chi connectivity index (χ0n) is 24.6. The average molecular weight is 620 g/mol. The minimum Gasteiger partial charge on any atom is -0.452 e. The van der Waals surface area contributed by atoms with E-state index in [0.29, 0.717) is 13.0 Å². The van der Waals surface area contributed by atoms with Gasteiger partial charge < -0.3 is 14.4 Å². The highest BCUT2D eigenvalue weighted by Crippen LogP contribution is 2.29. The van der Waals surface area contributed by atoms with Gasteiger partial charge in [0.2, 0.25) is 0 Å². The fourth-order valence-corrected chi connectivity index (χ4v) is 6.55. The molecule has 1 fully saturated rings. The Bertz CT molecular complexity index is 1770. The van der Waals surface area contributed by atoms with Gasteiger partial charge in [-0.3, -0.25) is 9.69 Å². The van der Waals surface area contributed by atoms with Gasteiger partial charge in [-0.15, -0.1) is 0 Å². The number of aromatic nitrogens is 3. The van der Waals surface area contributed by atoms with Crippen molar-refractivity contribution in [3.8, 4) is 0 Å². The van der Waals surface area contributed by atoms with Gasteiger partial charge in [0.15, 0.2) is 17.2 Å². The Morgan fingerprint density at radius 2 is 1.75 bits per heavy atom. The number of nitrogens with zero attached hydrogens (tertiary/aromatic N) is 5. The summed E-state index contributed by atoms with van der Waals surface area (Å²) in [5.41, 5.74) is 2.05. The number of carbonyl (C=O) groups is 3. The van der Waals surface area contributed by atoms with Gasteiger partial charge in [-0.25, -0.2) is 31.9 Å². The van der Waals surface area contributed by atoms with Crippen LogP contribution in [0, 0.1) is 18.8 Å². The first-order valence-corrected chi connectivity index (χ1v) is 15.6. The quantitative estimate of drug-likeness (QED) is 0.266. The number of ether oxygens (including phenoxy) is 2. The van der Waals surface area contributed by atoms with E-state index >= 15 is 0 Å². The van der Waals surface area contributed by atoms with Crippen molar-refractivity contribution in [2.45, 2.75) is 31.8 Å². The Labute approximate surface area is 255 Å². The number of rotatable bonds is 9. The van der Waals surface area contributed by atoms with Crippen molar-refractivity contribution in [1.82, 2.24) is 18.8 Å². The monoisotopic (exact) mass is 619 g/mol. The van der Waals surface area contributed by atoms with Crippen LogP contribution in [-0.2, 0) is 30.9 Å². The van der Waals surface area contributed by atoms with Gasteiger partial charge in [0.25, 0.3) is 10.0 Å². The fourth-order valence-electron chi connectivity index (χ4n) is 5.26. The summed E-state index contributed by atoms with van der Waals surface area (Å²) in [5, 5.41) is 0. The highest BCUT2D eigenvalue weighted by Gasteiger charge is 2.40. The van der Waals surface area contributed by atoms with Crippen molar-refractivity contribution in [2.75, 3.05) is 31.6 Å². The van der Waals surface area contributed by atoms with Crippen molar-refractivity contribution < 1.29 is 32.3 Å². The van der Waals surface area contributed by atoms with E-state index < -0.39 is 28.1 Å². The van der Waals surface area contributed by atoms with Crippen LogP contribution in [0.2, 0.25) is 0 Å². The highest BCUT2D eigenvalue weighted by atomic mass is 32.2. The lowest BCUT2D eigenvalue weighted by molar-refractivity contribution is -0.122. The Kier molecular flexibility index (Phi) is 8.95. The van der Waals surface area contributed by atoms with Crippen molar-refractivity contribution in [2.24, 2.45) is 11.8 Å². The third-order valence-electron chi connectivity index (χ3n) is 7.75. The zero-order valence-corrected chi connectivity index (χ0v) is 25.4. The summed E-state index contributed by atoms with van der Waals surface area (Å²) < 4.78 is 37.9. The van der Waals surface area contributed by atoms with Gasteiger partial charge in [-0.2, -0.15) is 0 Å². The molecule has 4 aromatic rings. The predicted molar refractivity (Wildman–Crippen MR) is 162 cm³/mol. The highest BCUT2D eigenvalue weighted by molar-refractivity contribution is 7.90. The largest absolute Gasteiger partial charge is 0.452 e. The maximum atomic E-state index is 13.6. The topological polar surface area (TPSA) is 141 Å². The van der Waals surface area contributed by atoms with E-state index in [0.717, 1.165) is 20.0 Å². The first kappa shape index (κ1) is 30.7. The van der Waals surface area contributed by atoms with Crippen LogP contribution in [-0.4, -0.2) is 72.0 Å². The Hall–Kier alpha value is -4.78. The number of amides is 2. The maximum Gasteiger partial charge on any atom is 0.415 e. The molecule has 230 valence electrons. The molecule has 2 aromatic heterocycles. The molecule has 2 amide bonds. The third kappa shape index (κ3) is 6.27. The molecule has 3 heterocycles. The van der Waals surface area contributed by atoms with Crippen molar-refractivity contribution >= 4 is 45.0 Å². The van der Waals surface area contributed by atoms with Crippen LogP contribution in [0.25, 0.3) is 11.2 Å². The van der Waals surface area contributed by atoms with Crippen molar-refractivity contribution in [1.29, 1.82) is 0 Å². The van der Waals surface area contributed by atoms with Crippen LogP contribution in [0.15, 0.2) is 78.0 Å². The number of fused-ring (bicyclic) bond motifs is 1. The lowest BCUT2D eigenvalue weighted by Gasteiger charge is -2.22. The summed E-state index contributed by atoms with van der Waals surface area (Å²) in [6.45, 7) is 4.06. The van der Waals surface area contributed by atoms with Crippen LogP contribution in [0.4, 0.5) is 15.4 Å². The molecule has 0 spiro atoms. The molecule has 2 aromatic carbocycles. The molecular formula is C31H33N5O7S. The Morgan fingerprint density at radius 3 is 2.43 bits per heavy atom. The number of Topliss-reactive ketones (excluding diaryl/α,β-unsaturated/α-hetero) is 1. The molecule has 0 aliphatic carbocycles. The smallest absolute Gasteiger partial charge is 0.415 e. The normalized spacial score (nSPS) is 16.6. The van der Waals surface area contributed by atoms with Crippen LogP contribution in [0.5, 0.6) is 0 Å². The fraction of sp³-hybridized carbons (Fsp3) is 0.323. The molecule has 1 aliphatic heterocycles. The number of hydrogen-bond acceptors (Lipinski definition) is 9. The number of hydrogen-bond donors (Lipinski definition) is 0. The maximum absolute atomic E-state index is 13.6. The molecule has 0 saturated carbocycles. The van der Waals surface area contributed by atoms with Crippen LogP contribution < -0.4 is 4.90 Å². The van der Waals surface area contributed by atoms with E-state index in [-0.39, 0.29) is 53.3 Å². The second-order valence-corrected chi connectivity index (χ2v) is 12.4. The molecule has 13 heteroatoms. The first-order chi connectivity index (χ1) is 21.1. The summed E-state index contributed by atoms with van der Waals surface area (Å²) in [7, 11) is -2.77. The van der Waals surface area contributed by atoms with Gasteiger partial charge in [-0.05, 0) is 36.6 Å². The molecule has 0 bridgehead atoms. The van der Waals surface area contributed by atoms with E-state index in [2.05, 4.69) is 9.97 Å². The molecule has 0 N–H and O–H groups in total. The average Bonchev–Trinajstić information content (AvgIpc) is 3.68. The Morgan fingerprint density at radius 1 is 1.02 bits per heavy atom. The summed E-state index contributed by atoms with van der Waals surface area (Å²) >= 11 is 0. The first-order valence-electron chi connectivity index (χ1n) is 14.1. The number of aryl methyl sites for hydroxylation is 1. The second-order valence-electron chi connectivity index (χ2n) is 10.6. The number of anilines is 1. The number of ketones is 1. The lowest BCUT2D eigenvalue weighted by Crippen LogP contribution is -2.40. The van der Waals surface area contributed by atoms with Gasteiger partial charge >= 0.3 is 12.2 Å². The molecule has 1 saturated heterocycles. The van der Waals surface area contributed by atoms with Crippen molar-refractivity contribution in [3.05, 3.63) is 84.2 Å². The molecule has 2 atom stereocenters. The van der Waals surface area contributed by atoms with Gasteiger partial charge in [0.1, 0.15) is 12.1 Å². The van der Waals surface area contributed by atoms with Gasteiger partial charge in [-0.1, -0.05) is 61.4 Å². The van der Waals surface area contributed by atoms with Crippen LogP contribution in [0.3, 0.4) is 0 Å². The van der Waals surface area contributed by atoms with Crippen LogP contribution >= 0.6 is 0 Å². The third-order valence-corrected chi connectivity index (χ3v) is 9.43. The van der Waals surface area contributed by atoms with Gasteiger partial charge in [0.05, 0.1) is 24.7 Å². The number of methoxy groups -OCH3 is 1. The molecule has 0 unspecified atom stereocenters. The van der Waals surface area contributed by atoms with E-state index in [1.807, 2.05) is 44.2 Å². The summed E-state index contributed by atoms with van der Waals surface area (Å²) in [5.74, 6) is -0.912. The van der Waals surface area contributed by atoms with E-state index in [1.54, 1.807) is 12.1 Å². The molecular weight excluding hydrogens is 586 g/mol. The minimum atomic E-state index is -3.95. The van der Waals surface area contributed by atoms with Gasteiger partial charge in [0, 0.05) is 25.2 Å². The second kappa shape index (κ2) is 12.8. The SMILES string of the molecule is CC[C@@H]1CN(C(=O)OCc2ccccc2)C[C@@H]1C(=O)CN(C(=O)OC)c1cnc2c(ccn2S(=O)(=O)c2ccc(C)cc2)n1. The zero-order chi connectivity index (χ0) is 31.4. The summed E-state index contributed by atoms with van der Waals surface area (Å²) in [4.78, 5) is 50.6. The lowest BCUT2D eigenvalue weighted by atomic mass is 9.90. The molecule has 1 aliphatic rings. The predicted octanol–water partition coefficient (Wildman–Crippen LogP) is 4.41. The number of likely N-dealkylation sites (tertiary alicyclic amines) is 1. The molecule has 0 radical (unpaired) electrons. The molecule has 5 rings (SSSR count). The van der Waals surface area contributed by atoms with Crippen molar-refractivity contribution in [3.63, 3.8) is 0 Å². The van der Waals surface area contributed by atoms with Crippen LogP contribution in [0.1, 0.15) is 24.5 Å². The summed E-state index contributed by atoms with van der Waals surface area (Å²) in [6, 6.07) is 17.2. The standard InChI is InChI=1S/C31H33N5O7S/c1-4-23-17-34(30(38)43-20-22-8-6-5-7-9-22)18-25(23)27(37)19-35(31(39)42-3)28-16-32-29-26(33-28)14-15-36(29)44(40,41)24-12-10-21(2)11-13-24/h5-16,23,25H,4,17-20H2,1-3H3/t23-,25+/m1/s1. The van der Waals surface area contributed by atoms with E-state index in [4.69, 9.17) is 9.47 Å². The number of carbonyl (C=O) groups excluding carboxylic acids is 3. The molecule has 44 heavy (non-hydrogen) atoms. The summed E-state index contributed by atoms with van der Waals surface area (Å²) in [6.07, 6.45) is 1.88. The minimum absolute atomic E-state index is 0.0216. The number of benzene rings is 2.